The summed E-state index contributed by atoms with van der Waals surface area (Å²) in [6, 6.07) is 3.19. The van der Waals surface area contributed by atoms with Crippen molar-refractivity contribution in [3.05, 3.63) is 39.1 Å². The Balaban J connectivity index is 2.05. The van der Waals surface area contributed by atoms with E-state index in [-0.39, 0.29) is 23.7 Å². The number of aryl methyl sites for hydroxylation is 1. The van der Waals surface area contributed by atoms with Crippen LogP contribution in [0.1, 0.15) is 25.3 Å². The van der Waals surface area contributed by atoms with E-state index in [4.69, 9.17) is 4.74 Å². The van der Waals surface area contributed by atoms with Gasteiger partial charge >= 0.3 is 5.69 Å². The minimum Gasteiger partial charge on any atom is -0.381 e. The largest absolute Gasteiger partial charge is 0.381 e. The number of imidazole rings is 1. The summed E-state index contributed by atoms with van der Waals surface area (Å²) in [5, 5.41) is 0.777. The third-order valence-electron chi connectivity index (χ3n) is 5.01. The molecule has 0 aliphatic heterocycles. The van der Waals surface area contributed by atoms with Crippen molar-refractivity contribution in [3.8, 4) is 0 Å². The van der Waals surface area contributed by atoms with Crippen molar-refractivity contribution in [2.75, 3.05) is 7.11 Å². The van der Waals surface area contributed by atoms with E-state index in [2.05, 4.69) is 20.9 Å². The first-order valence-electron chi connectivity index (χ1n) is 7.88. The number of hydrogen-bond donors (Lipinski definition) is 0. The zero-order valence-electron chi connectivity index (χ0n) is 13.4. The maximum absolute atomic E-state index is 13.9. The first-order valence-corrected chi connectivity index (χ1v) is 8.68. The molecule has 2 heterocycles. The highest BCUT2D eigenvalue weighted by Gasteiger charge is 2.29. The lowest BCUT2D eigenvalue weighted by atomic mass is 10.1. The topological polar surface area (TPSA) is 49.0 Å². The molecule has 3 aromatic rings. The van der Waals surface area contributed by atoms with Crippen molar-refractivity contribution in [1.29, 1.82) is 0 Å². The molecule has 0 unspecified atom stereocenters. The molecular weight excluding hydrogens is 377 g/mol. The number of rotatable bonds is 2. The van der Waals surface area contributed by atoms with Crippen LogP contribution in [0.5, 0.6) is 0 Å². The maximum atomic E-state index is 13.9. The third kappa shape index (κ3) is 2.22. The maximum Gasteiger partial charge on any atom is 0.329 e. The summed E-state index contributed by atoms with van der Waals surface area (Å²) in [6.07, 6.45) is 4.46. The number of pyridine rings is 1. The molecule has 0 N–H and O–H groups in total. The molecular formula is C17H17BrFN3O2. The molecule has 0 amide bonds. The zero-order valence-corrected chi connectivity index (χ0v) is 15.0. The van der Waals surface area contributed by atoms with E-state index in [9.17, 15) is 9.18 Å². The lowest BCUT2D eigenvalue weighted by molar-refractivity contribution is 0.106. The average molecular weight is 394 g/mol. The number of nitrogens with zero attached hydrogens (tertiary/aromatic N) is 3. The first kappa shape index (κ1) is 15.8. The highest BCUT2D eigenvalue weighted by Crippen LogP contribution is 2.35. The molecule has 1 fully saturated rings. The van der Waals surface area contributed by atoms with Crippen LogP contribution in [0.4, 0.5) is 4.39 Å². The number of aromatic nitrogens is 3. The normalized spacial score (nSPS) is 21.2. The van der Waals surface area contributed by atoms with Crippen LogP contribution in [0.15, 0.2) is 27.6 Å². The van der Waals surface area contributed by atoms with Crippen molar-refractivity contribution >= 4 is 37.9 Å². The molecule has 0 spiro atoms. The van der Waals surface area contributed by atoms with Crippen LogP contribution in [0.25, 0.3) is 21.9 Å². The van der Waals surface area contributed by atoms with Crippen LogP contribution in [0.3, 0.4) is 0 Å². The van der Waals surface area contributed by atoms with Gasteiger partial charge < -0.3 is 4.74 Å². The molecule has 2 aromatic heterocycles. The second-order valence-corrected chi connectivity index (χ2v) is 7.17. The summed E-state index contributed by atoms with van der Waals surface area (Å²) in [6.45, 7) is 0. The van der Waals surface area contributed by atoms with Crippen LogP contribution in [0.2, 0.25) is 0 Å². The molecule has 24 heavy (non-hydrogen) atoms. The fourth-order valence-corrected chi connectivity index (χ4v) is 4.07. The molecule has 1 saturated carbocycles. The lowest BCUT2D eigenvalue weighted by Crippen LogP contribution is -2.25. The van der Waals surface area contributed by atoms with E-state index >= 15 is 0 Å². The van der Waals surface area contributed by atoms with Crippen molar-refractivity contribution in [2.24, 2.45) is 7.05 Å². The summed E-state index contributed by atoms with van der Waals surface area (Å²) in [7, 11) is 3.45. The molecule has 126 valence electrons. The Kier molecular flexibility index (Phi) is 3.73. The number of benzene rings is 1. The number of hydrogen-bond acceptors (Lipinski definition) is 3. The van der Waals surface area contributed by atoms with E-state index in [0.717, 1.165) is 35.7 Å². The highest BCUT2D eigenvalue weighted by molar-refractivity contribution is 9.10. The van der Waals surface area contributed by atoms with Crippen LogP contribution in [0, 0.1) is 5.82 Å². The van der Waals surface area contributed by atoms with Crippen LogP contribution in [-0.2, 0) is 11.8 Å². The van der Waals surface area contributed by atoms with Gasteiger partial charge in [-0.05, 0) is 41.3 Å². The standard InChI is InChI=1S/C17H17BrFN3O2/c1-21-15-8-20-14-7-13(19)12(18)6-11(14)16(15)22(17(21)23)9-3-4-10(5-9)24-2/h6-10H,3-5H2,1-2H3/t9-,10+/m1/s1. The Labute approximate surface area is 146 Å². The van der Waals surface area contributed by atoms with E-state index < -0.39 is 0 Å². The Morgan fingerprint density at radius 1 is 1.38 bits per heavy atom. The molecule has 1 aliphatic rings. The van der Waals surface area contributed by atoms with Gasteiger partial charge in [0.15, 0.2) is 0 Å². The second-order valence-electron chi connectivity index (χ2n) is 6.31. The van der Waals surface area contributed by atoms with Crippen LogP contribution < -0.4 is 5.69 Å². The minimum absolute atomic E-state index is 0.0681. The monoisotopic (exact) mass is 393 g/mol. The van der Waals surface area contributed by atoms with E-state index in [1.807, 2.05) is 4.57 Å². The summed E-state index contributed by atoms with van der Waals surface area (Å²) >= 11 is 3.24. The molecule has 0 radical (unpaired) electrons. The molecule has 4 rings (SSSR count). The van der Waals surface area contributed by atoms with E-state index in [1.165, 1.54) is 6.07 Å². The quantitative estimate of drug-likeness (QED) is 0.668. The summed E-state index contributed by atoms with van der Waals surface area (Å²) < 4.78 is 23.1. The fraction of sp³-hybridized carbons (Fsp3) is 0.412. The van der Waals surface area contributed by atoms with Gasteiger partial charge in [-0.3, -0.25) is 14.1 Å². The molecule has 7 heteroatoms. The smallest absolute Gasteiger partial charge is 0.329 e. The van der Waals surface area contributed by atoms with Crippen molar-refractivity contribution < 1.29 is 9.13 Å². The van der Waals surface area contributed by atoms with Gasteiger partial charge in [0.2, 0.25) is 0 Å². The predicted octanol–water partition coefficient (Wildman–Crippen LogP) is 3.53. The highest BCUT2D eigenvalue weighted by atomic mass is 79.9. The number of ether oxygens (including phenoxy) is 1. The van der Waals surface area contributed by atoms with E-state index in [0.29, 0.717) is 9.99 Å². The fourth-order valence-electron chi connectivity index (χ4n) is 3.73. The first-order chi connectivity index (χ1) is 11.5. The Morgan fingerprint density at radius 2 is 2.17 bits per heavy atom. The van der Waals surface area contributed by atoms with Gasteiger partial charge in [0, 0.05) is 31.7 Å². The van der Waals surface area contributed by atoms with Crippen molar-refractivity contribution in [3.63, 3.8) is 0 Å². The number of methoxy groups -OCH3 is 1. The number of fused-ring (bicyclic) bond motifs is 3. The summed E-state index contributed by atoms with van der Waals surface area (Å²) in [4.78, 5) is 17.2. The summed E-state index contributed by atoms with van der Waals surface area (Å²) in [5.41, 5.74) is 2.05. The summed E-state index contributed by atoms with van der Waals surface area (Å²) in [5.74, 6) is -0.362. The van der Waals surface area contributed by atoms with Crippen molar-refractivity contribution in [2.45, 2.75) is 31.4 Å². The predicted molar refractivity (Wildman–Crippen MR) is 93.8 cm³/mol. The lowest BCUT2D eigenvalue weighted by Gasteiger charge is -2.13. The molecule has 1 aliphatic carbocycles. The molecule has 0 saturated heterocycles. The molecule has 0 bridgehead atoms. The molecule has 2 atom stereocenters. The van der Waals surface area contributed by atoms with Gasteiger partial charge in [0.05, 0.1) is 33.3 Å². The molecule has 1 aromatic carbocycles. The van der Waals surface area contributed by atoms with Crippen LogP contribution in [-0.4, -0.2) is 27.3 Å². The van der Waals surface area contributed by atoms with Gasteiger partial charge in [-0.2, -0.15) is 0 Å². The average Bonchev–Trinajstić information content (AvgIpc) is 3.13. The minimum atomic E-state index is -0.362. The van der Waals surface area contributed by atoms with Crippen molar-refractivity contribution in [1.82, 2.24) is 14.1 Å². The SMILES string of the molecule is CO[C@H]1CC[C@@H](n2c(=O)n(C)c3cnc4cc(F)c(Br)cc4c32)C1. The van der Waals surface area contributed by atoms with Gasteiger partial charge in [-0.1, -0.05) is 0 Å². The Morgan fingerprint density at radius 3 is 2.88 bits per heavy atom. The van der Waals surface area contributed by atoms with Gasteiger partial charge in [0.1, 0.15) is 5.82 Å². The Hall–Kier alpha value is -1.73. The molecule has 5 nitrogen and oxygen atoms in total. The number of halogens is 2. The third-order valence-corrected chi connectivity index (χ3v) is 5.62. The van der Waals surface area contributed by atoms with Gasteiger partial charge in [0.25, 0.3) is 0 Å². The van der Waals surface area contributed by atoms with E-state index in [1.54, 1.807) is 31.0 Å². The van der Waals surface area contributed by atoms with Crippen LogP contribution >= 0.6 is 15.9 Å². The second kappa shape index (κ2) is 5.67. The van der Waals surface area contributed by atoms with Gasteiger partial charge in [-0.25, -0.2) is 9.18 Å². The zero-order chi connectivity index (χ0) is 17.0. The Bertz CT molecular complexity index is 1010. The van der Waals surface area contributed by atoms with Gasteiger partial charge in [-0.15, -0.1) is 0 Å².